The second-order valence-corrected chi connectivity index (χ2v) is 4.27. The number of phenols is 2. The van der Waals surface area contributed by atoms with Gasteiger partial charge < -0.3 is 15.3 Å². The summed E-state index contributed by atoms with van der Waals surface area (Å²) in [5.74, 6) is -1.48. The van der Waals surface area contributed by atoms with Crippen LogP contribution in [0.15, 0.2) is 18.2 Å². The maximum atomic E-state index is 11.4. The SMILES string of the molecule is O=C(O)C1(c2cccc(O)c2O)CCCC1. The van der Waals surface area contributed by atoms with E-state index in [0.29, 0.717) is 18.4 Å². The third kappa shape index (κ3) is 1.41. The molecule has 1 aromatic rings. The first-order valence-corrected chi connectivity index (χ1v) is 5.33. The molecule has 2 rings (SSSR count). The van der Waals surface area contributed by atoms with Crippen LogP contribution in [-0.2, 0) is 10.2 Å². The van der Waals surface area contributed by atoms with Gasteiger partial charge in [0.2, 0.25) is 0 Å². The Bertz CT molecular complexity index is 419. The fourth-order valence-corrected chi connectivity index (χ4v) is 2.49. The Balaban J connectivity index is 2.56. The molecule has 0 unspecified atom stereocenters. The molecule has 0 spiro atoms. The molecular weight excluding hydrogens is 208 g/mol. The summed E-state index contributed by atoms with van der Waals surface area (Å²) in [5.41, 5.74) is -0.694. The van der Waals surface area contributed by atoms with Gasteiger partial charge in [0.15, 0.2) is 11.5 Å². The van der Waals surface area contributed by atoms with Crippen LogP contribution in [0.1, 0.15) is 31.2 Å². The summed E-state index contributed by atoms with van der Waals surface area (Å²) in [5, 5.41) is 28.5. The van der Waals surface area contributed by atoms with Gasteiger partial charge in [-0.25, -0.2) is 0 Å². The van der Waals surface area contributed by atoms with Gasteiger partial charge in [0, 0.05) is 5.56 Å². The monoisotopic (exact) mass is 222 g/mol. The van der Waals surface area contributed by atoms with Crippen LogP contribution in [-0.4, -0.2) is 21.3 Å². The third-order valence-corrected chi connectivity index (χ3v) is 3.40. The van der Waals surface area contributed by atoms with Crippen molar-refractivity contribution in [3.05, 3.63) is 23.8 Å². The summed E-state index contributed by atoms with van der Waals surface area (Å²) in [6.07, 6.45) is 2.70. The van der Waals surface area contributed by atoms with E-state index in [4.69, 9.17) is 0 Å². The van der Waals surface area contributed by atoms with Gasteiger partial charge in [-0.1, -0.05) is 25.0 Å². The zero-order valence-electron chi connectivity index (χ0n) is 8.81. The van der Waals surface area contributed by atoms with E-state index >= 15 is 0 Å². The quantitative estimate of drug-likeness (QED) is 0.669. The molecule has 3 N–H and O–H groups in total. The van der Waals surface area contributed by atoms with E-state index in [1.54, 1.807) is 12.1 Å². The van der Waals surface area contributed by atoms with Crippen LogP contribution in [0.5, 0.6) is 11.5 Å². The lowest BCUT2D eigenvalue weighted by atomic mass is 9.78. The van der Waals surface area contributed by atoms with E-state index in [0.717, 1.165) is 12.8 Å². The lowest BCUT2D eigenvalue weighted by Gasteiger charge is -2.25. The lowest BCUT2D eigenvalue weighted by Crippen LogP contribution is -2.32. The molecule has 1 aliphatic carbocycles. The maximum Gasteiger partial charge on any atom is 0.314 e. The van der Waals surface area contributed by atoms with Crippen molar-refractivity contribution in [3.63, 3.8) is 0 Å². The van der Waals surface area contributed by atoms with E-state index in [-0.39, 0.29) is 11.5 Å². The average molecular weight is 222 g/mol. The van der Waals surface area contributed by atoms with Crippen LogP contribution in [0.4, 0.5) is 0 Å². The van der Waals surface area contributed by atoms with Crippen LogP contribution in [0.2, 0.25) is 0 Å². The Hall–Kier alpha value is -1.71. The number of rotatable bonds is 2. The first-order valence-electron chi connectivity index (χ1n) is 5.33. The van der Waals surface area contributed by atoms with E-state index in [1.807, 2.05) is 0 Å². The van der Waals surface area contributed by atoms with Crippen molar-refractivity contribution in [2.45, 2.75) is 31.1 Å². The highest BCUT2D eigenvalue weighted by Crippen LogP contribution is 2.46. The van der Waals surface area contributed by atoms with Crippen molar-refractivity contribution in [2.24, 2.45) is 0 Å². The van der Waals surface area contributed by atoms with Crippen molar-refractivity contribution in [1.82, 2.24) is 0 Å². The van der Waals surface area contributed by atoms with Crippen molar-refractivity contribution in [1.29, 1.82) is 0 Å². The molecule has 1 aliphatic rings. The van der Waals surface area contributed by atoms with Gasteiger partial charge >= 0.3 is 5.97 Å². The standard InChI is InChI=1S/C12H14O4/c13-9-5-3-4-8(10(9)14)12(11(15)16)6-1-2-7-12/h3-5,13-14H,1-2,6-7H2,(H,15,16). The van der Waals surface area contributed by atoms with Crippen LogP contribution >= 0.6 is 0 Å². The number of carbonyl (C=O) groups is 1. The minimum absolute atomic E-state index is 0.259. The van der Waals surface area contributed by atoms with Gasteiger partial charge in [-0.2, -0.15) is 0 Å². The summed E-state index contributed by atoms with van der Waals surface area (Å²) in [6.45, 7) is 0. The topological polar surface area (TPSA) is 77.8 Å². The summed E-state index contributed by atoms with van der Waals surface area (Å²) in [7, 11) is 0. The minimum atomic E-state index is -1.02. The van der Waals surface area contributed by atoms with Gasteiger partial charge in [-0.15, -0.1) is 0 Å². The second kappa shape index (κ2) is 3.70. The molecule has 0 radical (unpaired) electrons. The molecule has 0 saturated heterocycles. The Kier molecular flexibility index (Phi) is 2.50. The highest BCUT2D eigenvalue weighted by atomic mass is 16.4. The van der Waals surface area contributed by atoms with Crippen LogP contribution < -0.4 is 0 Å². The second-order valence-electron chi connectivity index (χ2n) is 4.27. The van der Waals surface area contributed by atoms with Gasteiger partial charge in [0.1, 0.15) is 0 Å². The molecule has 1 aromatic carbocycles. The predicted molar refractivity (Wildman–Crippen MR) is 57.6 cm³/mol. The normalized spacial score (nSPS) is 18.5. The van der Waals surface area contributed by atoms with Gasteiger partial charge in [0.05, 0.1) is 5.41 Å². The number of phenolic OH excluding ortho intramolecular Hbond substituents is 2. The molecular formula is C12H14O4. The fraction of sp³-hybridized carbons (Fsp3) is 0.417. The molecule has 0 aromatic heterocycles. The molecule has 1 fully saturated rings. The van der Waals surface area contributed by atoms with Crippen molar-refractivity contribution < 1.29 is 20.1 Å². The number of hydrogen-bond donors (Lipinski definition) is 3. The molecule has 0 bridgehead atoms. The van der Waals surface area contributed by atoms with Crippen molar-refractivity contribution >= 4 is 5.97 Å². The Morgan fingerprint density at radius 2 is 1.81 bits per heavy atom. The summed E-state index contributed by atoms with van der Waals surface area (Å²) in [6, 6.07) is 4.49. The van der Waals surface area contributed by atoms with Crippen molar-refractivity contribution in [2.75, 3.05) is 0 Å². The number of hydrogen-bond acceptors (Lipinski definition) is 3. The summed E-state index contributed by atoms with van der Waals surface area (Å²) >= 11 is 0. The first kappa shape index (κ1) is 10.8. The van der Waals surface area contributed by atoms with Gasteiger partial charge in [0.25, 0.3) is 0 Å². The van der Waals surface area contributed by atoms with Gasteiger partial charge in [-0.3, -0.25) is 4.79 Å². The van der Waals surface area contributed by atoms with Crippen LogP contribution in [0, 0.1) is 0 Å². The highest BCUT2D eigenvalue weighted by molar-refractivity contribution is 5.83. The molecule has 0 amide bonds. The molecule has 4 heteroatoms. The Morgan fingerprint density at radius 1 is 1.19 bits per heavy atom. The number of carboxylic acids is 1. The maximum absolute atomic E-state index is 11.4. The number of para-hydroxylation sites is 1. The smallest absolute Gasteiger partial charge is 0.314 e. The molecule has 16 heavy (non-hydrogen) atoms. The number of benzene rings is 1. The molecule has 0 atom stereocenters. The molecule has 0 aliphatic heterocycles. The lowest BCUT2D eigenvalue weighted by molar-refractivity contribution is -0.143. The number of aliphatic carboxylic acids is 1. The zero-order chi connectivity index (χ0) is 11.8. The summed E-state index contributed by atoms with van der Waals surface area (Å²) in [4.78, 5) is 11.4. The minimum Gasteiger partial charge on any atom is -0.504 e. The van der Waals surface area contributed by atoms with E-state index in [9.17, 15) is 20.1 Å². The molecule has 86 valence electrons. The average Bonchev–Trinajstić information content (AvgIpc) is 2.72. The van der Waals surface area contributed by atoms with Crippen molar-refractivity contribution in [3.8, 4) is 11.5 Å². The predicted octanol–water partition coefficient (Wildman–Crippen LogP) is 1.99. The molecule has 4 nitrogen and oxygen atoms in total. The van der Waals surface area contributed by atoms with Gasteiger partial charge in [-0.05, 0) is 18.9 Å². The number of carboxylic acid groups (broad SMARTS) is 1. The molecule has 1 saturated carbocycles. The fourth-order valence-electron chi connectivity index (χ4n) is 2.49. The first-order chi connectivity index (χ1) is 7.58. The Labute approximate surface area is 93.2 Å². The summed E-state index contributed by atoms with van der Waals surface area (Å²) < 4.78 is 0. The van der Waals surface area contributed by atoms with E-state index in [2.05, 4.69) is 0 Å². The zero-order valence-corrected chi connectivity index (χ0v) is 8.81. The number of aromatic hydroxyl groups is 2. The van der Waals surface area contributed by atoms with Crippen LogP contribution in [0.3, 0.4) is 0 Å². The molecule has 0 heterocycles. The largest absolute Gasteiger partial charge is 0.504 e. The third-order valence-electron chi connectivity index (χ3n) is 3.40. The highest BCUT2D eigenvalue weighted by Gasteiger charge is 2.44. The van der Waals surface area contributed by atoms with Crippen LogP contribution in [0.25, 0.3) is 0 Å². The van der Waals surface area contributed by atoms with E-state index in [1.165, 1.54) is 6.07 Å². The Morgan fingerprint density at radius 3 is 2.38 bits per heavy atom. The van der Waals surface area contributed by atoms with E-state index < -0.39 is 11.4 Å².